The molecule has 3 aromatic rings. The van der Waals surface area contributed by atoms with Gasteiger partial charge in [0.2, 0.25) is 11.6 Å². The Hall–Kier alpha value is -2.62. The lowest BCUT2D eigenvalue weighted by atomic mass is 10.1. The molecule has 1 aromatic carbocycles. The zero-order valence-corrected chi connectivity index (χ0v) is 10.4. The van der Waals surface area contributed by atoms with E-state index in [0.717, 1.165) is 16.5 Å². The second-order valence-corrected chi connectivity index (χ2v) is 4.33. The normalized spacial score (nSPS) is 10.6. The van der Waals surface area contributed by atoms with E-state index in [4.69, 9.17) is 0 Å². The highest BCUT2D eigenvalue weighted by Crippen LogP contribution is 2.14. The van der Waals surface area contributed by atoms with Crippen LogP contribution in [-0.2, 0) is 0 Å². The molecule has 0 fully saturated rings. The maximum atomic E-state index is 12.2. The number of pyridine rings is 1. The second kappa shape index (κ2) is 4.57. The molecule has 0 bridgehead atoms. The molecule has 0 aliphatic heterocycles. The summed E-state index contributed by atoms with van der Waals surface area (Å²) >= 11 is 0. The smallest absolute Gasteiger partial charge is 0.231 e. The first-order valence-corrected chi connectivity index (χ1v) is 5.92. The monoisotopic (exact) mass is 249 g/mol. The van der Waals surface area contributed by atoms with Gasteiger partial charge in [-0.15, -0.1) is 0 Å². The third-order valence-electron chi connectivity index (χ3n) is 2.84. The first-order chi connectivity index (χ1) is 9.24. The molecule has 19 heavy (non-hydrogen) atoms. The fraction of sp³-hybridized carbons (Fsp3) is 0.0667. The van der Waals surface area contributed by atoms with Crippen LogP contribution >= 0.6 is 0 Å². The van der Waals surface area contributed by atoms with Crippen LogP contribution in [-0.4, -0.2) is 20.7 Å². The molecule has 0 unspecified atom stereocenters. The lowest BCUT2D eigenvalue weighted by Crippen LogP contribution is -2.07. The van der Waals surface area contributed by atoms with Gasteiger partial charge in [0.1, 0.15) is 0 Å². The van der Waals surface area contributed by atoms with Crippen molar-refractivity contribution >= 4 is 16.7 Å². The summed E-state index contributed by atoms with van der Waals surface area (Å²) in [5.74, 6) is -0.0130. The Morgan fingerprint density at radius 2 is 1.74 bits per heavy atom. The maximum absolute atomic E-state index is 12.2. The fourth-order valence-corrected chi connectivity index (χ4v) is 1.83. The van der Waals surface area contributed by atoms with Crippen LogP contribution in [0.25, 0.3) is 10.9 Å². The Balaban J connectivity index is 2.04. The van der Waals surface area contributed by atoms with Gasteiger partial charge in [-0.25, -0.2) is 9.97 Å². The van der Waals surface area contributed by atoms with E-state index in [-0.39, 0.29) is 11.6 Å². The molecule has 0 amide bonds. The number of benzene rings is 1. The molecule has 0 aliphatic rings. The predicted molar refractivity (Wildman–Crippen MR) is 71.9 cm³/mol. The summed E-state index contributed by atoms with van der Waals surface area (Å²) in [5.41, 5.74) is 2.29. The number of fused-ring (bicyclic) bond motifs is 1. The highest BCUT2D eigenvalue weighted by molar-refractivity contribution is 6.07. The number of carbonyl (C=O) groups is 1. The van der Waals surface area contributed by atoms with Crippen molar-refractivity contribution in [1.82, 2.24) is 15.0 Å². The first kappa shape index (κ1) is 11.5. The summed E-state index contributed by atoms with van der Waals surface area (Å²) in [5, 5.41) is 0.931. The number of hydrogen-bond acceptors (Lipinski definition) is 4. The van der Waals surface area contributed by atoms with Crippen molar-refractivity contribution in [1.29, 1.82) is 0 Å². The maximum Gasteiger partial charge on any atom is 0.231 e. The van der Waals surface area contributed by atoms with E-state index >= 15 is 0 Å². The molecular weight excluding hydrogens is 238 g/mol. The minimum Gasteiger partial charge on any atom is -0.285 e. The van der Waals surface area contributed by atoms with Crippen LogP contribution in [0, 0.1) is 6.92 Å². The largest absolute Gasteiger partial charge is 0.285 e. The van der Waals surface area contributed by atoms with Gasteiger partial charge in [-0.1, -0.05) is 18.2 Å². The zero-order valence-electron chi connectivity index (χ0n) is 10.4. The van der Waals surface area contributed by atoms with Crippen molar-refractivity contribution in [3.63, 3.8) is 0 Å². The van der Waals surface area contributed by atoms with Crippen molar-refractivity contribution in [2.45, 2.75) is 6.92 Å². The number of carbonyl (C=O) groups excluding carboxylic acids is 1. The van der Waals surface area contributed by atoms with Crippen LogP contribution in [0.5, 0.6) is 0 Å². The summed E-state index contributed by atoms with van der Waals surface area (Å²) in [6.07, 6.45) is 4.83. The summed E-state index contributed by atoms with van der Waals surface area (Å²) in [6.45, 7) is 1.88. The van der Waals surface area contributed by atoms with Gasteiger partial charge in [0.15, 0.2) is 0 Å². The van der Waals surface area contributed by atoms with Gasteiger partial charge in [0.05, 0.1) is 5.52 Å². The molecule has 0 radical (unpaired) electrons. The zero-order chi connectivity index (χ0) is 13.2. The molecule has 0 N–H and O–H groups in total. The second-order valence-electron chi connectivity index (χ2n) is 4.33. The van der Waals surface area contributed by atoms with Crippen LogP contribution < -0.4 is 0 Å². The van der Waals surface area contributed by atoms with Crippen LogP contribution in [0.3, 0.4) is 0 Å². The minimum atomic E-state index is -0.210. The molecule has 0 saturated heterocycles. The Labute approximate surface area is 110 Å². The molecule has 2 aromatic heterocycles. The van der Waals surface area contributed by atoms with Gasteiger partial charge < -0.3 is 0 Å². The van der Waals surface area contributed by atoms with Crippen LogP contribution in [0.4, 0.5) is 0 Å². The van der Waals surface area contributed by atoms with Crippen molar-refractivity contribution in [2.24, 2.45) is 0 Å². The minimum absolute atomic E-state index is 0.197. The molecule has 0 saturated carbocycles. The van der Waals surface area contributed by atoms with E-state index in [2.05, 4.69) is 15.0 Å². The van der Waals surface area contributed by atoms with Gasteiger partial charge in [-0.05, 0) is 24.6 Å². The topological polar surface area (TPSA) is 55.7 Å². The molecule has 3 rings (SSSR count). The molecule has 4 nitrogen and oxygen atoms in total. The number of aromatic nitrogens is 3. The van der Waals surface area contributed by atoms with Crippen molar-refractivity contribution < 1.29 is 4.79 Å². The molecule has 4 heteroatoms. The molecule has 2 heterocycles. The molecule has 0 aliphatic carbocycles. The van der Waals surface area contributed by atoms with Gasteiger partial charge in [0, 0.05) is 29.5 Å². The number of para-hydroxylation sites is 1. The molecule has 0 spiro atoms. The van der Waals surface area contributed by atoms with E-state index in [1.807, 2.05) is 37.3 Å². The average molecular weight is 249 g/mol. The predicted octanol–water partition coefficient (Wildman–Crippen LogP) is 2.56. The first-order valence-electron chi connectivity index (χ1n) is 5.92. The van der Waals surface area contributed by atoms with Gasteiger partial charge in [0.25, 0.3) is 0 Å². The number of aryl methyl sites for hydroxylation is 1. The van der Waals surface area contributed by atoms with Gasteiger partial charge in [-0.3, -0.25) is 9.78 Å². The fourth-order valence-electron chi connectivity index (χ4n) is 1.83. The van der Waals surface area contributed by atoms with Crippen LogP contribution in [0.2, 0.25) is 0 Å². The number of rotatable bonds is 2. The summed E-state index contributed by atoms with van der Waals surface area (Å²) < 4.78 is 0. The molecular formula is C15H11N3O. The van der Waals surface area contributed by atoms with E-state index in [1.165, 1.54) is 0 Å². The van der Waals surface area contributed by atoms with Crippen molar-refractivity contribution in [3.8, 4) is 0 Å². The summed E-state index contributed by atoms with van der Waals surface area (Å²) in [4.78, 5) is 24.6. The van der Waals surface area contributed by atoms with Gasteiger partial charge >= 0.3 is 0 Å². The highest BCUT2D eigenvalue weighted by atomic mass is 16.1. The van der Waals surface area contributed by atoms with Crippen molar-refractivity contribution in [2.75, 3.05) is 0 Å². The van der Waals surface area contributed by atoms with E-state index in [1.54, 1.807) is 18.6 Å². The van der Waals surface area contributed by atoms with Crippen molar-refractivity contribution in [3.05, 3.63) is 65.9 Å². The summed E-state index contributed by atoms with van der Waals surface area (Å²) in [6, 6.07) is 9.48. The van der Waals surface area contributed by atoms with E-state index < -0.39 is 0 Å². The Morgan fingerprint density at radius 3 is 2.53 bits per heavy atom. The molecule has 92 valence electrons. The van der Waals surface area contributed by atoms with Gasteiger partial charge in [-0.2, -0.15) is 0 Å². The summed E-state index contributed by atoms with van der Waals surface area (Å²) in [7, 11) is 0. The number of ketones is 1. The quantitative estimate of drug-likeness (QED) is 0.655. The van der Waals surface area contributed by atoms with Crippen LogP contribution in [0.15, 0.2) is 48.9 Å². The third kappa shape index (κ3) is 2.20. The van der Waals surface area contributed by atoms with E-state index in [0.29, 0.717) is 5.56 Å². The van der Waals surface area contributed by atoms with Crippen LogP contribution in [0.1, 0.15) is 21.7 Å². The third-order valence-corrected chi connectivity index (χ3v) is 2.84. The Morgan fingerprint density at radius 1 is 1.00 bits per heavy atom. The Kier molecular flexibility index (Phi) is 2.76. The lowest BCUT2D eigenvalue weighted by Gasteiger charge is -2.02. The van der Waals surface area contributed by atoms with E-state index in [9.17, 15) is 4.79 Å². The standard InChI is InChI=1S/C15H11N3O/c1-10-7-17-15(18-8-10)14(19)12-6-11-4-2-3-5-13(11)16-9-12/h2-9H,1H3. The lowest BCUT2D eigenvalue weighted by molar-refractivity contribution is 0.102. The number of hydrogen-bond donors (Lipinski definition) is 0. The number of nitrogens with zero attached hydrogens (tertiary/aromatic N) is 3. The highest BCUT2D eigenvalue weighted by Gasteiger charge is 2.12. The Bertz CT molecular complexity index is 751. The average Bonchev–Trinajstić information content (AvgIpc) is 2.47. The molecule has 0 atom stereocenters. The SMILES string of the molecule is Cc1cnc(C(=O)c2cnc3ccccc3c2)nc1.